The van der Waals surface area contributed by atoms with Crippen molar-refractivity contribution in [3.8, 4) is 5.75 Å². The van der Waals surface area contributed by atoms with E-state index in [1.165, 1.54) is 0 Å². The predicted molar refractivity (Wildman–Crippen MR) is 60.3 cm³/mol. The summed E-state index contributed by atoms with van der Waals surface area (Å²) in [6.45, 7) is 5.89. The molecule has 14 heavy (non-hydrogen) atoms. The van der Waals surface area contributed by atoms with Crippen molar-refractivity contribution in [2.24, 2.45) is 0 Å². The number of hydrogen-bond donors (Lipinski definition) is 1. The van der Waals surface area contributed by atoms with Crippen molar-refractivity contribution in [1.82, 2.24) is 0 Å². The minimum atomic E-state index is 0.306. The number of fused-ring (bicyclic) bond motifs is 1. The maximum Gasteiger partial charge on any atom is 0.116 e. The maximum atomic E-state index is 9.29. The molecule has 0 spiro atoms. The number of rotatable bonds is 1. The molecule has 1 nitrogen and oxygen atoms in total. The summed E-state index contributed by atoms with van der Waals surface area (Å²) in [5.41, 5.74) is 2.20. The van der Waals surface area contributed by atoms with E-state index in [1.807, 2.05) is 25.1 Å². The Morgan fingerprint density at radius 3 is 2.43 bits per heavy atom. The summed E-state index contributed by atoms with van der Waals surface area (Å²) in [6.07, 6.45) is 0. The summed E-state index contributed by atoms with van der Waals surface area (Å²) in [5.74, 6) is 0.306. The third-order valence-electron chi connectivity index (χ3n) is 2.32. The van der Waals surface area contributed by atoms with Crippen molar-refractivity contribution in [3.05, 3.63) is 48.5 Å². The molecule has 0 aliphatic heterocycles. The number of benzene rings is 2. The van der Waals surface area contributed by atoms with Crippen LogP contribution in [0.2, 0.25) is 0 Å². The van der Waals surface area contributed by atoms with Crippen molar-refractivity contribution in [1.29, 1.82) is 0 Å². The summed E-state index contributed by atoms with van der Waals surface area (Å²) in [4.78, 5) is 0. The highest BCUT2D eigenvalue weighted by Gasteiger charge is 1.97. The molecular weight excluding hydrogens is 172 g/mol. The molecule has 0 heterocycles. The molecular formula is C13H12O. The van der Waals surface area contributed by atoms with E-state index >= 15 is 0 Å². The topological polar surface area (TPSA) is 20.2 Å². The largest absolute Gasteiger partial charge is 0.508 e. The average molecular weight is 184 g/mol. The molecule has 70 valence electrons. The van der Waals surface area contributed by atoms with Gasteiger partial charge in [0.15, 0.2) is 0 Å². The van der Waals surface area contributed by atoms with Crippen LogP contribution in [0.3, 0.4) is 0 Å². The molecule has 2 aromatic carbocycles. The van der Waals surface area contributed by atoms with E-state index in [2.05, 4.69) is 12.6 Å². The summed E-state index contributed by atoms with van der Waals surface area (Å²) in [7, 11) is 0. The van der Waals surface area contributed by atoms with Crippen LogP contribution in [0.5, 0.6) is 5.75 Å². The van der Waals surface area contributed by atoms with Crippen LogP contribution in [0, 0.1) is 0 Å². The Labute approximate surface area is 83.3 Å². The van der Waals surface area contributed by atoms with Gasteiger partial charge in [0.05, 0.1) is 0 Å². The maximum absolute atomic E-state index is 9.29. The average Bonchev–Trinajstić information content (AvgIpc) is 2.16. The van der Waals surface area contributed by atoms with Crippen LogP contribution in [-0.4, -0.2) is 5.11 Å². The van der Waals surface area contributed by atoms with Gasteiger partial charge in [-0.05, 0) is 41.5 Å². The number of allylic oxidation sites excluding steroid dienone is 1. The summed E-state index contributed by atoms with van der Waals surface area (Å²) >= 11 is 0. The van der Waals surface area contributed by atoms with E-state index in [0.29, 0.717) is 5.75 Å². The SMILES string of the molecule is C=C(C)c1ccc2cc(O)ccc2c1. The molecule has 0 unspecified atom stereocenters. The number of phenols is 1. The van der Waals surface area contributed by atoms with Crippen LogP contribution < -0.4 is 0 Å². The highest BCUT2D eigenvalue weighted by atomic mass is 16.3. The van der Waals surface area contributed by atoms with Gasteiger partial charge in [0.1, 0.15) is 5.75 Å². The van der Waals surface area contributed by atoms with Crippen LogP contribution in [0.4, 0.5) is 0 Å². The first kappa shape index (κ1) is 8.82. The van der Waals surface area contributed by atoms with Crippen LogP contribution in [-0.2, 0) is 0 Å². The van der Waals surface area contributed by atoms with Crippen molar-refractivity contribution < 1.29 is 5.11 Å². The lowest BCUT2D eigenvalue weighted by atomic mass is 10.0. The van der Waals surface area contributed by atoms with E-state index in [0.717, 1.165) is 21.9 Å². The highest BCUT2D eigenvalue weighted by molar-refractivity contribution is 5.86. The number of hydrogen-bond acceptors (Lipinski definition) is 1. The number of aromatic hydroxyl groups is 1. The van der Waals surface area contributed by atoms with Crippen molar-refractivity contribution in [2.75, 3.05) is 0 Å². The van der Waals surface area contributed by atoms with Gasteiger partial charge in [-0.1, -0.05) is 30.4 Å². The monoisotopic (exact) mass is 184 g/mol. The van der Waals surface area contributed by atoms with Crippen LogP contribution in [0.1, 0.15) is 12.5 Å². The summed E-state index contributed by atoms with van der Waals surface area (Å²) in [5, 5.41) is 11.5. The Hall–Kier alpha value is -1.76. The first-order valence-corrected chi connectivity index (χ1v) is 4.55. The molecule has 2 aromatic rings. The minimum Gasteiger partial charge on any atom is -0.508 e. The zero-order valence-corrected chi connectivity index (χ0v) is 8.12. The lowest BCUT2D eigenvalue weighted by molar-refractivity contribution is 0.476. The molecule has 0 aliphatic carbocycles. The van der Waals surface area contributed by atoms with Crippen molar-refractivity contribution >= 4 is 16.3 Å². The van der Waals surface area contributed by atoms with Gasteiger partial charge in [-0.2, -0.15) is 0 Å². The molecule has 0 bridgehead atoms. The summed E-state index contributed by atoms with van der Waals surface area (Å²) in [6, 6.07) is 11.5. The fourth-order valence-electron chi connectivity index (χ4n) is 1.50. The van der Waals surface area contributed by atoms with E-state index in [9.17, 15) is 5.11 Å². The Morgan fingerprint density at radius 1 is 1.07 bits per heavy atom. The van der Waals surface area contributed by atoms with Crippen LogP contribution in [0.25, 0.3) is 16.3 Å². The van der Waals surface area contributed by atoms with Gasteiger partial charge in [0, 0.05) is 0 Å². The second-order valence-electron chi connectivity index (χ2n) is 3.53. The second kappa shape index (κ2) is 3.18. The van der Waals surface area contributed by atoms with Gasteiger partial charge in [-0.25, -0.2) is 0 Å². The second-order valence-corrected chi connectivity index (χ2v) is 3.53. The molecule has 0 aliphatic rings. The van der Waals surface area contributed by atoms with Crippen molar-refractivity contribution in [2.45, 2.75) is 6.92 Å². The van der Waals surface area contributed by atoms with Gasteiger partial charge in [-0.3, -0.25) is 0 Å². The molecule has 0 aromatic heterocycles. The Balaban J connectivity index is 2.67. The fraction of sp³-hybridized carbons (Fsp3) is 0.0769. The molecule has 1 N–H and O–H groups in total. The molecule has 0 atom stereocenters. The van der Waals surface area contributed by atoms with Gasteiger partial charge in [-0.15, -0.1) is 0 Å². The first-order valence-electron chi connectivity index (χ1n) is 4.55. The lowest BCUT2D eigenvalue weighted by Gasteiger charge is -2.03. The molecule has 1 heteroatoms. The Kier molecular flexibility index (Phi) is 2.01. The summed E-state index contributed by atoms with van der Waals surface area (Å²) < 4.78 is 0. The zero-order valence-electron chi connectivity index (χ0n) is 8.12. The lowest BCUT2D eigenvalue weighted by Crippen LogP contribution is -1.78. The van der Waals surface area contributed by atoms with Gasteiger partial charge in [0.2, 0.25) is 0 Å². The highest BCUT2D eigenvalue weighted by Crippen LogP contribution is 2.23. The minimum absolute atomic E-state index is 0.306. The predicted octanol–water partition coefficient (Wildman–Crippen LogP) is 3.58. The van der Waals surface area contributed by atoms with E-state index < -0.39 is 0 Å². The van der Waals surface area contributed by atoms with Gasteiger partial charge in [0.25, 0.3) is 0 Å². The molecule has 0 saturated heterocycles. The first-order chi connectivity index (χ1) is 6.66. The van der Waals surface area contributed by atoms with E-state index in [1.54, 1.807) is 12.1 Å². The fourth-order valence-corrected chi connectivity index (χ4v) is 1.50. The normalized spacial score (nSPS) is 10.4. The van der Waals surface area contributed by atoms with Crippen molar-refractivity contribution in [3.63, 3.8) is 0 Å². The Bertz CT molecular complexity index is 498. The molecule has 0 amide bonds. The van der Waals surface area contributed by atoms with Crippen LogP contribution >= 0.6 is 0 Å². The van der Waals surface area contributed by atoms with Gasteiger partial charge < -0.3 is 5.11 Å². The molecule has 0 fully saturated rings. The van der Waals surface area contributed by atoms with E-state index in [-0.39, 0.29) is 0 Å². The number of phenolic OH excluding ortho intramolecular Hbond substituents is 1. The van der Waals surface area contributed by atoms with Gasteiger partial charge >= 0.3 is 0 Å². The smallest absolute Gasteiger partial charge is 0.116 e. The van der Waals surface area contributed by atoms with E-state index in [4.69, 9.17) is 0 Å². The molecule has 2 rings (SSSR count). The van der Waals surface area contributed by atoms with Crippen LogP contribution in [0.15, 0.2) is 43.0 Å². The third kappa shape index (κ3) is 1.49. The third-order valence-corrected chi connectivity index (χ3v) is 2.32. The Morgan fingerprint density at radius 2 is 1.71 bits per heavy atom. The quantitative estimate of drug-likeness (QED) is 0.718. The molecule has 0 radical (unpaired) electrons. The molecule has 0 saturated carbocycles. The zero-order chi connectivity index (χ0) is 10.1. The standard InChI is InChI=1S/C13H12O/c1-9(2)10-3-4-12-8-13(14)6-5-11(12)7-10/h3-8,14H,1H2,2H3.